The van der Waals surface area contributed by atoms with Gasteiger partial charge in [-0.05, 0) is 0 Å². The molecule has 0 spiro atoms. The topological polar surface area (TPSA) is 78.9 Å². The van der Waals surface area contributed by atoms with E-state index in [1.54, 1.807) is 0 Å². The average molecular weight is 397 g/mol. The normalized spacial score (nSPS) is 28.2. The second-order valence-corrected chi connectivity index (χ2v) is 8.23. The molecule has 1 heterocycles. The second kappa shape index (κ2) is 7.05. The van der Waals surface area contributed by atoms with Crippen LogP contribution in [0, 0.1) is 17.8 Å². The van der Waals surface area contributed by atoms with Gasteiger partial charge < -0.3 is 0 Å². The summed E-state index contributed by atoms with van der Waals surface area (Å²) in [4.78, 5) is 36.6. The predicted octanol–water partition coefficient (Wildman–Crippen LogP) is -0.0916. The van der Waals surface area contributed by atoms with E-state index in [0.717, 1.165) is 4.46 Å². The molecule has 2 aliphatic rings. The van der Waals surface area contributed by atoms with Gasteiger partial charge in [0.25, 0.3) is 0 Å². The zero-order chi connectivity index (χ0) is 17.3. The Morgan fingerprint density at radius 3 is 2.38 bits per heavy atom. The van der Waals surface area contributed by atoms with Gasteiger partial charge in [-0.25, -0.2) is 0 Å². The molecule has 1 aliphatic carbocycles. The third-order valence-electron chi connectivity index (χ3n) is 4.51. The zero-order valence-electron chi connectivity index (χ0n) is 13.3. The third-order valence-corrected chi connectivity index (χ3v) is 6.99. The number of fused-ring (bicyclic) bond motifs is 2. The number of carbonyl (C=O) groups excluding carboxylic acids is 3. The van der Waals surface area contributed by atoms with Crippen molar-refractivity contribution in [2.45, 2.75) is 17.5 Å². The van der Waals surface area contributed by atoms with E-state index < -0.39 is 35.8 Å². The summed E-state index contributed by atoms with van der Waals surface area (Å²) in [5, 5.41) is -0.270. The molecule has 1 aromatic carbocycles. The molecule has 0 radical (unpaired) electrons. The van der Waals surface area contributed by atoms with Crippen LogP contribution in [0.15, 0.2) is 30.3 Å². The van der Waals surface area contributed by atoms with E-state index in [9.17, 15) is 14.4 Å². The van der Waals surface area contributed by atoms with E-state index in [1.807, 2.05) is 30.3 Å². The molecule has 128 valence electrons. The van der Waals surface area contributed by atoms with Crippen LogP contribution in [-0.4, -0.2) is 58.0 Å². The Hall–Kier alpha value is -1.69. The summed E-state index contributed by atoms with van der Waals surface area (Å²) in [5.74, 6) is -3.37. The Bertz CT molecular complexity index is 630. The van der Waals surface area contributed by atoms with Gasteiger partial charge in [0.05, 0.1) is 0 Å². The number of ketones is 1. The molecule has 0 amide bonds. The molecule has 24 heavy (non-hydrogen) atoms. The van der Waals surface area contributed by atoms with Gasteiger partial charge in [0.1, 0.15) is 0 Å². The van der Waals surface area contributed by atoms with Gasteiger partial charge in [0.2, 0.25) is 0 Å². The maximum atomic E-state index is 12.4. The molecule has 1 aromatic rings. The summed E-state index contributed by atoms with van der Waals surface area (Å²) in [6.45, 7) is 0. The van der Waals surface area contributed by atoms with Crippen LogP contribution in [-0.2, 0) is 28.6 Å². The van der Waals surface area contributed by atoms with Gasteiger partial charge in [-0.15, -0.1) is 0 Å². The molecule has 1 aliphatic heterocycles. The number of esters is 2. The summed E-state index contributed by atoms with van der Waals surface area (Å²) in [5.41, 5.74) is 0. The van der Waals surface area contributed by atoms with Crippen LogP contribution in [0.2, 0.25) is 0 Å². The van der Waals surface area contributed by atoms with Crippen LogP contribution in [0.3, 0.4) is 0 Å². The van der Waals surface area contributed by atoms with E-state index >= 15 is 0 Å². The number of benzene rings is 1. The maximum absolute atomic E-state index is 12.4. The van der Waals surface area contributed by atoms with Crippen molar-refractivity contribution in [3.63, 3.8) is 0 Å². The van der Waals surface area contributed by atoms with Gasteiger partial charge >= 0.3 is 146 Å². The molecule has 3 rings (SSSR count). The minimum atomic E-state index is -1.11. The van der Waals surface area contributed by atoms with Gasteiger partial charge in [-0.1, -0.05) is 0 Å². The molecule has 6 nitrogen and oxygen atoms in total. The van der Waals surface area contributed by atoms with Crippen molar-refractivity contribution in [1.82, 2.24) is 0 Å². The molecular weight excluding hydrogens is 379 g/mol. The van der Waals surface area contributed by atoms with Crippen molar-refractivity contribution in [3.8, 4) is 0 Å². The van der Waals surface area contributed by atoms with Crippen LogP contribution >= 0.6 is 0 Å². The average Bonchev–Trinajstić information content (AvgIpc) is 3.08. The number of hydrogen-bond donors (Lipinski definition) is 0. The van der Waals surface area contributed by atoms with E-state index in [2.05, 4.69) is 0 Å². The Balaban J connectivity index is 1.85. The molecule has 2 fully saturated rings. The molecule has 0 N–H and O–H groups in total. The van der Waals surface area contributed by atoms with Crippen molar-refractivity contribution in [3.05, 3.63) is 30.3 Å². The van der Waals surface area contributed by atoms with Crippen molar-refractivity contribution in [1.29, 1.82) is 0 Å². The molecular formula is C17H18O6Se. The minimum absolute atomic E-state index is 0.0527. The summed E-state index contributed by atoms with van der Waals surface area (Å²) < 4.78 is 16.6. The Kier molecular flexibility index (Phi) is 5.04. The Morgan fingerprint density at radius 1 is 1.17 bits per heavy atom. The summed E-state index contributed by atoms with van der Waals surface area (Å²) in [7, 11) is 2.45. The first-order chi connectivity index (χ1) is 11.6. The Morgan fingerprint density at radius 2 is 1.79 bits per heavy atom. The number of hydrogen-bond acceptors (Lipinski definition) is 6. The monoisotopic (exact) mass is 398 g/mol. The molecule has 2 bridgehead atoms. The third kappa shape index (κ3) is 2.99. The van der Waals surface area contributed by atoms with Crippen LogP contribution in [0.5, 0.6) is 0 Å². The fourth-order valence-corrected chi connectivity index (χ4v) is 6.11. The van der Waals surface area contributed by atoms with Crippen molar-refractivity contribution in [2.24, 2.45) is 17.8 Å². The SMILES string of the molecule is COC(=O)C(C(=O)OC)[C@@H]1[C@H]2C(=O)C[C@@H]1O[C@@H]2[Se]c1ccccc1. The van der Waals surface area contributed by atoms with Gasteiger partial charge in [-0.3, -0.25) is 0 Å². The first-order valence-corrected chi connectivity index (χ1v) is 9.47. The van der Waals surface area contributed by atoms with Crippen LogP contribution < -0.4 is 4.46 Å². The van der Waals surface area contributed by atoms with Crippen molar-refractivity contribution >= 4 is 37.1 Å². The van der Waals surface area contributed by atoms with Crippen molar-refractivity contribution in [2.75, 3.05) is 14.2 Å². The standard InChI is InChI=1S/C17H18O6Se/c1-21-15(19)14(16(20)22-2)13-11-8-10(18)12(13)17(23-11)24-9-6-4-3-5-7-9/h3-7,11-14,17H,8H2,1-2H3/t11-,12+,13-,17+/m0/s1. The van der Waals surface area contributed by atoms with Crippen LogP contribution in [0.1, 0.15) is 6.42 Å². The first-order valence-electron chi connectivity index (χ1n) is 7.62. The second-order valence-electron chi connectivity index (χ2n) is 5.77. The number of Topliss-reactive ketones (excluding diaryl/α,β-unsaturated/α-hetero) is 1. The first kappa shape index (κ1) is 17.1. The molecule has 0 unspecified atom stereocenters. The molecule has 4 atom stereocenters. The van der Waals surface area contributed by atoms with Crippen molar-refractivity contribution < 1.29 is 28.6 Å². The molecule has 0 aromatic heterocycles. The Labute approximate surface area is 146 Å². The summed E-state index contributed by atoms with van der Waals surface area (Å²) in [6, 6.07) is 9.80. The van der Waals surface area contributed by atoms with E-state index in [-0.39, 0.29) is 32.2 Å². The van der Waals surface area contributed by atoms with Gasteiger partial charge in [0.15, 0.2) is 0 Å². The fraction of sp³-hybridized carbons (Fsp3) is 0.471. The number of methoxy groups -OCH3 is 2. The van der Waals surface area contributed by atoms with E-state index in [0.29, 0.717) is 0 Å². The zero-order valence-corrected chi connectivity index (χ0v) is 15.1. The van der Waals surface area contributed by atoms with Crippen LogP contribution in [0.25, 0.3) is 0 Å². The number of carbonyl (C=O) groups is 3. The molecule has 7 heteroatoms. The van der Waals surface area contributed by atoms with E-state index in [1.165, 1.54) is 14.2 Å². The predicted molar refractivity (Wildman–Crippen MR) is 84.6 cm³/mol. The van der Waals surface area contributed by atoms with Gasteiger partial charge in [0, 0.05) is 0 Å². The van der Waals surface area contributed by atoms with E-state index in [4.69, 9.17) is 14.2 Å². The molecule has 1 saturated heterocycles. The number of ether oxygens (including phenoxy) is 3. The summed E-state index contributed by atoms with van der Waals surface area (Å²) >= 11 is -0.0776. The van der Waals surface area contributed by atoms with Gasteiger partial charge in [-0.2, -0.15) is 0 Å². The molecule has 1 saturated carbocycles. The quantitative estimate of drug-likeness (QED) is 0.393. The fourth-order valence-electron chi connectivity index (χ4n) is 3.47. The van der Waals surface area contributed by atoms with Crippen LogP contribution in [0.4, 0.5) is 0 Å². The summed E-state index contributed by atoms with van der Waals surface area (Å²) in [6.07, 6.45) is -0.192. The number of rotatable bonds is 5.